The number of H-pyrrole nitrogens is 1. The topological polar surface area (TPSA) is 49.0 Å². The van der Waals surface area contributed by atoms with Crippen molar-refractivity contribution < 1.29 is 9.18 Å². The highest BCUT2D eigenvalue weighted by atomic mass is 32.2. The van der Waals surface area contributed by atoms with Crippen molar-refractivity contribution in [3.63, 3.8) is 0 Å². The lowest BCUT2D eigenvalue weighted by Crippen LogP contribution is -2.29. The number of amides is 1. The fourth-order valence-electron chi connectivity index (χ4n) is 2.67. The second kappa shape index (κ2) is 11.0. The zero-order valence-electron chi connectivity index (χ0n) is 15.6. The number of benzene rings is 1. The monoisotopic (exact) mass is 377 g/mol. The quantitative estimate of drug-likeness (QED) is 0.585. The van der Waals surface area contributed by atoms with E-state index in [-0.39, 0.29) is 11.7 Å². The van der Waals surface area contributed by atoms with Gasteiger partial charge in [0.05, 0.1) is 11.4 Å². The molecule has 1 aromatic carbocycles. The van der Waals surface area contributed by atoms with Gasteiger partial charge in [0.15, 0.2) is 0 Å². The number of unbranched alkanes of at least 4 members (excludes halogenated alkanes) is 2. The van der Waals surface area contributed by atoms with Gasteiger partial charge in [0, 0.05) is 24.8 Å². The van der Waals surface area contributed by atoms with E-state index in [1.807, 2.05) is 24.1 Å². The standard InChI is InChI=1S/C20H28FN3OS/c1-3-12-26-15-20(25)24(2)11-6-4-5-10-18-14-19(23-22-18)16-8-7-9-17(21)13-16/h7-9,13-14H,3-6,10-12,15H2,1-2H3,(H,22,23). The zero-order valence-corrected chi connectivity index (χ0v) is 16.4. The molecule has 0 aliphatic rings. The first-order valence-electron chi connectivity index (χ1n) is 9.22. The number of aromatic nitrogens is 2. The molecule has 0 saturated carbocycles. The van der Waals surface area contributed by atoms with E-state index < -0.39 is 0 Å². The van der Waals surface area contributed by atoms with E-state index >= 15 is 0 Å². The Hall–Kier alpha value is -1.82. The van der Waals surface area contributed by atoms with Crippen molar-refractivity contribution in [2.45, 2.75) is 39.0 Å². The van der Waals surface area contributed by atoms with E-state index in [2.05, 4.69) is 17.1 Å². The van der Waals surface area contributed by atoms with E-state index in [1.165, 1.54) is 12.1 Å². The van der Waals surface area contributed by atoms with Crippen LogP contribution in [0.3, 0.4) is 0 Å². The first kappa shape index (κ1) is 20.5. The van der Waals surface area contributed by atoms with Gasteiger partial charge in [-0.05, 0) is 49.6 Å². The molecule has 0 radical (unpaired) electrons. The van der Waals surface area contributed by atoms with Gasteiger partial charge in [0.2, 0.25) is 5.91 Å². The molecular formula is C20H28FN3OS. The maximum atomic E-state index is 13.3. The number of aryl methyl sites for hydroxylation is 1. The largest absolute Gasteiger partial charge is 0.345 e. The first-order chi connectivity index (χ1) is 12.6. The van der Waals surface area contributed by atoms with Crippen molar-refractivity contribution in [1.82, 2.24) is 15.1 Å². The number of halogens is 1. The molecule has 2 aromatic rings. The smallest absolute Gasteiger partial charge is 0.232 e. The number of hydrogen-bond donors (Lipinski definition) is 1. The summed E-state index contributed by atoms with van der Waals surface area (Å²) < 4.78 is 13.3. The molecule has 6 heteroatoms. The van der Waals surface area contributed by atoms with Gasteiger partial charge in [-0.25, -0.2) is 4.39 Å². The highest BCUT2D eigenvalue weighted by Crippen LogP contribution is 2.19. The van der Waals surface area contributed by atoms with E-state index in [4.69, 9.17) is 0 Å². The average Bonchev–Trinajstić information content (AvgIpc) is 3.10. The summed E-state index contributed by atoms with van der Waals surface area (Å²) in [5.74, 6) is 1.60. The van der Waals surface area contributed by atoms with Crippen LogP contribution in [0.4, 0.5) is 4.39 Å². The lowest BCUT2D eigenvalue weighted by atomic mass is 10.1. The number of carbonyl (C=O) groups excluding carboxylic acids is 1. The normalized spacial score (nSPS) is 10.9. The Kier molecular flexibility index (Phi) is 8.68. The predicted molar refractivity (Wildman–Crippen MR) is 107 cm³/mol. The molecule has 0 saturated heterocycles. The number of aromatic amines is 1. The van der Waals surface area contributed by atoms with Gasteiger partial charge < -0.3 is 4.90 Å². The van der Waals surface area contributed by atoms with Gasteiger partial charge in [0.1, 0.15) is 5.82 Å². The third kappa shape index (κ3) is 6.83. The Labute approximate surface area is 159 Å². The van der Waals surface area contributed by atoms with Gasteiger partial charge >= 0.3 is 0 Å². The van der Waals surface area contributed by atoms with Crippen molar-refractivity contribution in [3.05, 3.63) is 41.8 Å². The van der Waals surface area contributed by atoms with Crippen LogP contribution in [0.1, 0.15) is 38.3 Å². The minimum absolute atomic E-state index is 0.219. The zero-order chi connectivity index (χ0) is 18.8. The molecule has 0 unspecified atom stereocenters. The van der Waals surface area contributed by atoms with Crippen LogP contribution >= 0.6 is 11.8 Å². The molecule has 0 atom stereocenters. The predicted octanol–water partition coefficient (Wildman–Crippen LogP) is 4.53. The number of carbonyl (C=O) groups is 1. The Balaban J connectivity index is 1.65. The average molecular weight is 378 g/mol. The summed E-state index contributed by atoms with van der Waals surface area (Å²) in [6.45, 7) is 2.94. The van der Waals surface area contributed by atoms with Crippen LogP contribution in [0.15, 0.2) is 30.3 Å². The Bertz CT molecular complexity index is 689. The molecule has 142 valence electrons. The van der Waals surface area contributed by atoms with Crippen LogP contribution < -0.4 is 0 Å². The summed E-state index contributed by atoms with van der Waals surface area (Å²) in [5.41, 5.74) is 2.62. The number of hydrogen-bond acceptors (Lipinski definition) is 3. The lowest BCUT2D eigenvalue weighted by Gasteiger charge is -2.16. The van der Waals surface area contributed by atoms with Crippen molar-refractivity contribution in [2.75, 3.05) is 25.1 Å². The number of nitrogens with one attached hydrogen (secondary N) is 1. The Morgan fingerprint density at radius 2 is 2.12 bits per heavy atom. The third-order valence-electron chi connectivity index (χ3n) is 4.19. The van der Waals surface area contributed by atoms with E-state index in [0.29, 0.717) is 5.75 Å². The van der Waals surface area contributed by atoms with E-state index in [0.717, 1.165) is 61.4 Å². The summed E-state index contributed by atoms with van der Waals surface area (Å²) in [6.07, 6.45) is 5.12. The fraction of sp³-hybridized carbons (Fsp3) is 0.500. The van der Waals surface area contributed by atoms with Crippen LogP contribution in [-0.2, 0) is 11.2 Å². The number of thioether (sulfide) groups is 1. The minimum Gasteiger partial charge on any atom is -0.345 e. The van der Waals surface area contributed by atoms with E-state index in [9.17, 15) is 9.18 Å². The van der Waals surface area contributed by atoms with Crippen molar-refractivity contribution in [3.8, 4) is 11.3 Å². The number of rotatable bonds is 11. The first-order valence-corrected chi connectivity index (χ1v) is 10.4. The van der Waals surface area contributed by atoms with Gasteiger partial charge in [-0.15, -0.1) is 0 Å². The van der Waals surface area contributed by atoms with Crippen molar-refractivity contribution >= 4 is 17.7 Å². The molecule has 1 N–H and O–H groups in total. The van der Waals surface area contributed by atoms with Gasteiger partial charge in [-0.3, -0.25) is 9.89 Å². The van der Waals surface area contributed by atoms with Crippen LogP contribution in [0, 0.1) is 5.82 Å². The number of nitrogens with zero attached hydrogens (tertiary/aromatic N) is 2. The molecule has 1 aromatic heterocycles. The Morgan fingerprint density at radius 1 is 1.27 bits per heavy atom. The molecule has 0 fully saturated rings. The highest BCUT2D eigenvalue weighted by molar-refractivity contribution is 7.99. The van der Waals surface area contributed by atoms with Crippen LogP contribution in [0.5, 0.6) is 0 Å². The van der Waals surface area contributed by atoms with Crippen molar-refractivity contribution in [2.24, 2.45) is 0 Å². The summed E-state index contributed by atoms with van der Waals surface area (Å²) in [7, 11) is 1.88. The molecule has 2 rings (SSSR count). The summed E-state index contributed by atoms with van der Waals surface area (Å²) in [5, 5.41) is 7.30. The maximum Gasteiger partial charge on any atom is 0.232 e. The van der Waals surface area contributed by atoms with Crippen LogP contribution in [-0.4, -0.2) is 46.1 Å². The molecule has 26 heavy (non-hydrogen) atoms. The SMILES string of the molecule is CCCSCC(=O)N(C)CCCCCc1cc(-c2cccc(F)c2)n[nH]1. The molecule has 1 amide bonds. The minimum atomic E-state index is -0.251. The van der Waals surface area contributed by atoms with Gasteiger partial charge in [0.25, 0.3) is 0 Å². The molecule has 1 heterocycles. The molecule has 0 aliphatic carbocycles. The molecule has 0 aliphatic heterocycles. The molecule has 0 bridgehead atoms. The second-order valence-corrected chi connectivity index (χ2v) is 7.57. The van der Waals surface area contributed by atoms with Gasteiger partial charge in [-0.2, -0.15) is 16.9 Å². The molecular weight excluding hydrogens is 349 g/mol. The van der Waals surface area contributed by atoms with Crippen molar-refractivity contribution in [1.29, 1.82) is 0 Å². The lowest BCUT2D eigenvalue weighted by molar-refractivity contribution is -0.127. The third-order valence-corrected chi connectivity index (χ3v) is 5.34. The molecule has 4 nitrogen and oxygen atoms in total. The maximum absolute atomic E-state index is 13.3. The van der Waals surface area contributed by atoms with Crippen LogP contribution in [0.2, 0.25) is 0 Å². The Morgan fingerprint density at radius 3 is 2.88 bits per heavy atom. The fourth-order valence-corrected chi connectivity index (χ4v) is 3.49. The summed E-state index contributed by atoms with van der Waals surface area (Å²) in [6, 6.07) is 8.45. The highest BCUT2D eigenvalue weighted by Gasteiger charge is 2.08. The second-order valence-electron chi connectivity index (χ2n) is 6.47. The van der Waals surface area contributed by atoms with E-state index in [1.54, 1.807) is 17.8 Å². The van der Waals surface area contributed by atoms with Gasteiger partial charge in [-0.1, -0.05) is 25.5 Å². The van der Waals surface area contributed by atoms with Crippen LogP contribution in [0.25, 0.3) is 11.3 Å². The molecule has 0 spiro atoms. The summed E-state index contributed by atoms with van der Waals surface area (Å²) in [4.78, 5) is 13.8. The summed E-state index contributed by atoms with van der Waals surface area (Å²) >= 11 is 1.71.